The number of thiazole rings is 1. The van der Waals surface area contributed by atoms with Crippen molar-refractivity contribution in [2.24, 2.45) is 0 Å². The fourth-order valence-corrected chi connectivity index (χ4v) is 5.20. The second-order valence-corrected chi connectivity index (χ2v) is 9.28. The Balaban J connectivity index is 1.67. The lowest BCUT2D eigenvalue weighted by molar-refractivity contribution is -0.118. The minimum absolute atomic E-state index is 0.0955. The molecule has 3 aromatic rings. The lowest BCUT2D eigenvalue weighted by Crippen LogP contribution is -2.38. The minimum Gasteiger partial charge on any atom is -0.376 e. The molecule has 3 heterocycles. The third-order valence-electron chi connectivity index (χ3n) is 4.91. The second-order valence-electron chi connectivity index (χ2n) is 7.24. The first-order valence-corrected chi connectivity index (χ1v) is 11.1. The van der Waals surface area contributed by atoms with Crippen LogP contribution < -0.4 is 4.90 Å². The van der Waals surface area contributed by atoms with E-state index >= 15 is 0 Å². The zero-order valence-corrected chi connectivity index (χ0v) is 17.3. The fraction of sp³-hybridized carbons (Fsp3) is 0.429. The summed E-state index contributed by atoms with van der Waals surface area (Å²) in [5.41, 5.74) is 2.26. The first kappa shape index (κ1) is 18.6. The van der Waals surface area contributed by atoms with Crippen LogP contribution in [0.5, 0.6) is 0 Å². The van der Waals surface area contributed by atoms with Gasteiger partial charge >= 0.3 is 0 Å². The molecule has 1 aromatic carbocycles. The van der Waals surface area contributed by atoms with Gasteiger partial charge in [0.15, 0.2) is 5.13 Å². The van der Waals surface area contributed by atoms with Crippen molar-refractivity contribution in [2.45, 2.75) is 45.1 Å². The molecule has 6 heteroatoms. The number of aromatic nitrogens is 1. The number of nitrogens with zero attached hydrogens (tertiary/aromatic N) is 2. The van der Waals surface area contributed by atoms with E-state index in [1.807, 2.05) is 22.4 Å². The summed E-state index contributed by atoms with van der Waals surface area (Å²) < 4.78 is 6.95. The summed E-state index contributed by atoms with van der Waals surface area (Å²) in [6, 6.07) is 10.3. The molecule has 1 fully saturated rings. The molecule has 0 N–H and O–H groups in total. The van der Waals surface area contributed by atoms with Gasteiger partial charge < -0.3 is 4.74 Å². The lowest BCUT2D eigenvalue weighted by atomic mass is 10.0. The van der Waals surface area contributed by atoms with E-state index < -0.39 is 0 Å². The van der Waals surface area contributed by atoms with Gasteiger partial charge in [-0.25, -0.2) is 4.98 Å². The van der Waals surface area contributed by atoms with Gasteiger partial charge in [0.1, 0.15) is 0 Å². The van der Waals surface area contributed by atoms with Gasteiger partial charge in [0, 0.05) is 11.5 Å². The molecule has 1 aliphatic heterocycles. The number of ether oxygens (including phenoxy) is 1. The molecule has 1 aliphatic rings. The van der Waals surface area contributed by atoms with Crippen LogP contribution in [-0.2, 0) is 16.0 Å². The Labute approximate surface area is 167 Å². The molecule has 0 radical (unpaired) electrons. The lowest BCUT2D eigenvalue weighted by Gasteiger charge is -2.23. The summed E-state index contributed by atoms with van der Waals surface area (Å²) in [4.78, 5) is 21.0. The predicted molar refractivity (Wildman–Crippen MR) is 113 cm³/mol. The number of fused-ring (bicyclic) bond motifs is 1. The van der Waals surface area contributed by atoms with E-state index in [0.29, 0.717) is 18.9 Å². The number of benzene rings is 1. The van der Waals surface area contributed by atoms with Gasteiger partial charge in [-0.3, -0.25) is 9.69 Å². The summed E-state index contributed by atoms with van der Waals surface area (Å²) >= 11 is 3.23. The highest BCUT2D eigenvalue weighted by atomic mass is 32.1. The maximum Gasteiger partial charge on any atom is 0.234 e. The molecule has 1 saturated heterocycles. The van der Waals surface area contributed by atoms with E-state index in [9.17, 15) is 4.79 Å². The Morgan fingerprint density at radius 3 is 2.93 bits per heavy atom. The van der Waals surface area contributed by atoms with E-state index in [1.165, 1.54) is 5.56 Å². The summed E-state index contributed by atoms with van der Waals surface area (Å²) in [5.74, 6) is 0.496. The van der Waals surface area contributed by atoms with Crippen molar-refractivity contribution in [3.63, 3.8) is 0 Å². The predicted octanol–water partition coefficient (Wildman–Crippen LogP) is 5.24. The molecule has 0 bridgehead atoms. The van der Waals surface area contributed by atoms with Gasteiger partial charge in [0.05, 0.1) is 29.3 Å². The van der Waals surface area contributed by atoms with Gasteiger partial charge in [0.25, 0.3) is 0 Å². The Hall–Kier alpha value is -1.76. The van der Waals surface area contributed by atoms with Crippen LogP contribution in [-0.4, -0.2) is 30.1 Å². The number of hydrogen-bond donors (Lipinski definition) is 0. The highest BCUT2D eigenvalue weighted by Gasteiger charge is 2.26. The largest absolute Gasteiger partial charge is 0.376 e. The molecule has 0 aliphatic carbocycles. The zero-order chi connectivity index (χ0) is 18.8. The maximum absolute atomic E-state index is 13.1. The van der Waals surface area contributed by atoms with Gasteiger partial charge in [-0.1, -0.05) is 43.4 Å². The quantitative estimate of drug-likeness (QED) is 0.568. The molecule has 4 rings (SSSR count). The Morgan fingerprint density at radius 1 is 1.33 bits per heavy atom. The summed E-state index contributed by atoms with van der Waals surface area (Å²) in [6.07, 6.45) is 2.59. The molecule has 1 amide bonds. The van der Waals surface area contributed by atoms with Gasteiger partial charge in [-0.2, -0.15) is 0 Å². The van der Waals surface area contributed by atoms with Crippen LogP contribution in [0.25, 0.3) is 10.2 Å². The van der Waals surface area contributed by atoms with E-state index in [1.54, 1.807) is 22.7 Å². The molecular weight excluding hydrogens is 376 g/mol. The molecule has 27 heavy (non-hydrogen) atoms. The van der Waals surface area contributed by atoms with Crippen LogP contribution in [0.1, 0.15) is 43.0 Å². The molecule has 0 spiro atoms. The number of hydrogen-bond acceptors (Lipinski definition) is 5. The van der Waals surface area contributed by atoms with Crippen molar-refractivity contribution in [2.75, 3.05) is 18.1 Å². The van der Waals surface area contributed by atoms with E-state index in [2.05, 4.69) is 32.0 Å². The van der Waals surface area contributed by atoms with E-state index in [4.69, 9.17) is 9.72 Å². The first-order chi connectivity index (χ1) is 13.1. The molecule has 2 aromatic heterocycles. The Morgan fingerprint density at radius 2 is 2.22 bits per heavy atom. The number of anilines is 1. The molecular formula is C21H24N2O2S2. The van der Waals surface area contributed by atoms with Crippen molar-refractivity contribution in [3.8, 4) is 0 Å². The monoisotopic (exact) mass is 400 g/mol. The van der Waals surface area contributed by atoms with Crippen molar-refractivity contribution >= 4 is 43.9 Å². The smallest absolute Gasteiger partial charge is 0.234 e. The average molecular weight is 401 g/mol. The number of para-hydroxylation sites is 1. The van der Waals surface area contributed by atoms with Crippen molar-refractivity contribution in [3.05, 3.63) is 46.2 Å². The zero-order valence-electron chi connectivity index (χ0n) is 15.7. The molecule has 142 valence electrons. The summed E-state index contributed by atoms with van der Waals surface area (Å²) in [5, 5.41) is 2.80. The Kier molecular flexibility index (Phi) is 5.57. The number of carbonyl (C=O) groups is 1. The van der Waals surface area contributed by atoms with E-state index in [-0.39, 0.29) is 12.0 Å². The average Bonchev–Trinajstić information content (AvgIpc) is 3.39. The van der Waals surface area contributed by atoms with Gasteiger partial charge in [-0.05, 0) is 41.8 Å². The highest BCUT2D eigenvalue weighted by Crippen LogP contribution is 2.34. The normalized spacial score (nSPS) is 17.1. The summed E-state index contributed by atoms with van der Waals surface area (Å²) in [7, 11) is 0. The topological polar surface area (TPSA) is 42.4 Å². The third kappa shape index (κ3) is 4.08. The van der Waals surface area contributed by atoms with E-state index in [0.717, 1.165) is 39.7 Å². The standard InChI is InChI=1S/C21H24N2O2S2/c1-14(2)17-8-3-9-18-20(17)22-21(27-18)23(13-15-6-4-10-25-15)19(24)12-16-7-5-11-26-16/h3,5,7-9,11,14-15H,4,6,10,12-13H2,1-2H3. The van der Waals surface area contributed by atoms with Crippen LogP contribution in [0.3, 0.4) is 0 Å². The fourth-order valence-electron chi connectivity index (χ4n) is 3.48. The molecule has 1 atom stereocenters. The van der Waals surface area contributed by atoms with Crippen LogP contribution in [0, 0.1) is 0 Å². The van der Waals surface area contributed by atoms with Crippen molar-refractivity contribution in [1.82, 2.24) is 4.98 Å². The highest BCUT2D eigenvalue weighted by molar-refractivity contribution is 7.22. The van der Waals surface area contributed by atoms with Crippen LogP contribution >= 0.6 is 22.7 Å². The van der Waals surface area contributed by atoms with Gasteiger partial charge in [0.2, 0.25) is 5.91 Å². The molecule has 1 unspecified atom stereocenters. The number of carbonyl (C=O) groups excluding carboxylic acids is 1. The maximum atomic E-state index is 13.1. The molecule has 4 nitrogen and oxygen atoms in total. The van der Waals surface area contributed by atoms with Gasteiger partial charge in [-0.15, -0.1) is 11.3 Å². The first-order valence-electron chi connectivity index (χ1n) is 9.45. The minimum atomic E-state index is 0.0955. The number of amides is 1. The van der Waals surface area contributed by atoms with Crippen LogP contribution in [0.2, 0.25) is 0 Å². The van der Waals surface area contributed by atoms with Crippen molar-refractivity contribution in [1.29, 1.82) is 0 Å². The molecule has 0 saturated carbocycles. The number of rotatable bonds is 6. The van der Waals surface area contributed by atoms with Crippen LogP contribution in [0.4, 0.5) is 5.13 Å². The van der Waals surface area contributed by atoms with Crippen molar-refractivity contribution < 1.29 is 9.53 Å². The number of thiophene rings is 1. The van der Waals surface area contributed by atoms with Crippen LogP contribution in [0.15, 0.2) is 35.7 Å². The third-order valence-corrected chi connectivity index (χ3v) is 6.83. The second kappa shape index (κ2) is 8.09. The SMILES string of the molecule is CC(C)c1cccc2sc(N(CC3CCCO3)C(=O)Cc3cccs3)nc12. The Bertz CT molecular complexity index is 912. The summed E-state index contributed by atoms with van der Waals surface area (Å²) in [6.45, 7) is 5.73.